The standard InChI is InChI=1S/C19H25N3O2S/c1-6-14-9-7-8-12(4)17(14)22-18(24)13(5)25-19-20-15(11(2)3)10-16(23)21-19/h7-11,13H,6H2,1-5H3,(H,22,24)(H,20,21,23). The molecular weight excluding hydrogens is 334 g/mol. The minimum Gasteiger partial charge on any atom is -0.325 e. The van der Waals surface area contributed by atoms with Crippen LogP contribution in [-0.4, -0.2) is 21.1 Å². The van der Waals surface area contributed by atoms with Gasteiger partial charge >= 0.3 is 0 Å². The highest BCUT2D eigenvalue weighted by Gasteiger charge is 2.18. The Balaban J connectivity index is 2.15. The van der Waals surface area contributed by atoms with E-state index in [0.29, 0.717) is 5.16 Å². The van der Waals surface area contributed by atoms with E-state index in [9.17, 15) is 9.59 Å². The fraction of sp³-hybridized carbons (Fsp3) is 0.421. The zero-order valence-corrected chi connectivity index (χ0v) is 16.2. The van der Waals surface area contributed by atoms with Crippen molar-refractivity contribution in [1.29, 1.82) is 0 Å². The average Bonchev–Trinajstić information content (AvgIpc) is 2.55. The molecule has 0 saturated carbocycles. The number of aromatic nitrogens is 2. The summed E-state index contributed by atoms with van der Waals surface area (Å²) in [7, 11) is 0. The molecule has 134 valence electrons. The zero-order valence-electron chi connectivity index (χ0n) is 15.3. The molecule has 1 heterocycles. The van der Waals surface area contributed by atoms with E-state index in [-0.39, 0.29) is 22.6 Å². The normalized spacial score (nSPS) is 12.2. The summed E-state index contributed by atoms with van der Waals surface area (Å²) in [5.74, 6) is 0.0523. The smallest absolute Gasteiger partial charge is 0.251 e. The van der Waals surface area contributed by atoms with Gasteiger partial charge in [0.1, 0.15) is 0 Å². The van der Waals surface area contributed by atoms with Crippen molar-refractivity contribution in [2.45, 2.75) is 57.4 Å². The number of nitrogens with zero attached hydrogens (tertiary/aromatic N) is 1. The van der Waals surface area contributed by atoms with Crippen LogP contribution >= 0.6 is 11.8 Å². The lowest BCUT2D eigenvalue weighted by Gasteiger charge is -2.16. The molecule has 0 bridgehead atoms. The van der Waals surface area contributed by atoms with Gasteiger partial charge in [0.25, 0.3) is 5.56 Å². The summed E-state index contributed by atoms with van der Waals surface area (Å²) in [5.41, 5.74) is 3.56. The third-order valence-electron chi connectivity index (χ3n) is 3.98. The highest BCUT2D eigenvalue weighted by atomic mass is 32.2. The first kappa shape index (κ1) is 19.2. The second-order valence-electron chi connectivity index (χ2n) is 6.34. The van der Waals surface area contributed by atoms with Gasteiger partial charge in [0.2, 0.25) is 5.91 Å². The van der Waals surface area contributed by atoms with Crippen LogP contribution in [0.5, 0.6) is 0 Å². The fourth-order valence-corrected chi connectivity index (χ4v) is 3.27. The van der Waals surface area contributed by atoms with Gasteiger partial charge < -0.3 is 10.3 Å². The fourth-order valence-electron chi connectivity index (χ4n) is 2.45. The number of amides is 1. The van der Waals surface area contributed by atoms with Crippen molar-refractivity contribution in [2.75, 3.05) is 5.32 Å². The van der Waals surface area contributed by atoms with Gasteiger partial charge in [0.05, 0.1) is 10.9 Å². The Hall–Kier alpha value is -2.08. The summed E-state index contributed by atoms with van der Waals surface area (Å²) in [6.45, 7) is 9.83. The summed E-state index contributed by atoms with van der Waals surface area (Å²) in [6, 6.07) is 7.50. The minimum atomic E-state index is -0.380. The number of H-pyrrole nitrogens is 1. The Morgan fingerprint density at radius 3 is 2.68 bits per heavy atom. The van der Waals surface area contributed by atoms with E-state index in [1.165, 1.54) is 17.8 Å². The number of carbonyl (C=O) groups excluding carboxylic acids is 1. The average molecular weight is 359 g/mol. The van der Waals surface area contributed by atoms with Crippen molar-refractivity contribution in [1.82, 2.24) is 9.97 Å². The monoisotopic (exact) mass is 359 g/mol. The Morgan fingerprint density at radius 1 is 1.32 bits per heavy atom. The molecule has 1 aromatic carbocycles. The number of anilines is 1. The molecule has 0 fully saturated rings. The van der Waals surface area contributed by atoms with Crippen molar-refractivity contribution >= 4 is 23.4 Å². The highest BCUT2D eigenvalue weighted by Crippen LogP contribution is 2.25. The molecule has 2 N–H and O–H groups in total. The molecule has 1 amide bonds. The Kier molecular flexibility index (Phi) is 6.42. The molecule has 5 nitrogen and oxygen atoms in total. The summed E-state index contributed by atoms with van der Waals surface area (Å²) in [4.78, 5) is 31.5. The first-order chi connectivity index (χ1) is 11.8. The van der Waals surface area contributed by atoms with E-state index in [4.69, 9.17) is 0 Å². The molecule has 25 heavy (non-hydrogen) atoms. The highest BCUT2D eigenvalue weighted by molar-refractivity contribution is 8.00. The number of rotatable bonds is 6. The first-order valence-electron chi connectivity index (χ1n) is 8.49. The molecule has 2 aromatic rings. The lowest BCUT2D eigenvalue weighted by molar-refractivity contribution is -0.115. The van der Waals surface area contributed by atoms with Gasteiger partial charge in [-0.2, -0.15) is 0 Å². The van der Waals surface area contributed by atoms with Crippen molar-refractivity contribution in [3.8, 4) is 0 Å². The van der Waals surface area contributed by atoms with Crippen LogP contribution in [0.2, 0.25) is 0 Å². The number of aryl methyl sites for hydroxylation is 2. The number of aromatic amines is 1. The van der Waals surface area contributed by atoms with Crippen molar-refractivity contribution in [3.63, 3.8) is 0 Å². The van der Waals surface area contributed by atoms with Crippen LogP contribution in [0.25, 0.3) is 0 Å². The number of thioether (sulfide) groups is 1. The SMILES string of the molecule is CCc1cccc(C)c1NC(=O)C(C)Sc1nc(C(C)C)cc(=O)[nH]1. The second kappa shape index (κ2) is 8.34. The van der Waals surface area contributed by atoms with E-state index < -0.39 is 0 Å². The predicted octanol–water partition coefficient (Wildman–Crippen LogP) is 3.88. The lowest BCUT2D eigenvalue weighted by Crippen LogP contribution is -2.24. The van der Waals surface area contributed by atoms with Crippen molar-refractivity contribution in [2.24, 2.45) is 0 Å². The third kappa shape index (κ3) is 4.95. The Morgan fingerprint density at radius 2 is 2.04 bits per heavy atom. The van der Waals surface area contributed by atoms with Crippen LogP contribution in [0.3, 0.4) is 0 Å². The summed E-state index contributed by atoms with van der Waals surface area (Å²) >= 11 is 1.26. The predicted molar refractivity (Wildman–Crippen MR) is 103 cm³/mol. The van der Waals surface area contributed by atoms with Gasteiger partial charge in [-0.15, -0.1) is 0 Å². The summed E-state index contributed by atoms with van der Waals surface area (Å²) in [6.07, 6.45) is 0.851. The molecular formula is C19H25N3O2S. The molecule has 0 aliphatic rings. The number of carbonyl (C=O) groups is 1. The molecule has 2 rings (SSSR count). The largest absolute Gasteiger partial charge is 0.325 e. The van der Waals surface area contributed by atoms with Gasteiger partial charge in [0.15, 0.2) is 5.16 Å². The van der Waals surface area contributed by atoms with Gasteiger partial charge in [-0.05, 0) is 37.3 Å². The number of hydrogen-bond donors (Lipinski definition) is 2. The topological polar surface area (TPSA) is 74.8 Å². The zero-order chi connectivity index (χ0) is 18.6. The van der Waals surface area contributed by atoms with Gasteiger partial charge in [-0.1, -0.05) is 50.7 Å². The third-order valence-corrected chi connectivity index (χ3v) is 4.96. The molecule has 0 spiro atoms. The Bertz CT molecular complexity index is 815. The molecule has 0 aliphatic heterocycles. The van der Waals surface area contributed by atoms with Crippen molar-refractivity contribution in [3.05, 3.63) is 51.4 Å². The lowest BCUT2D eigenvalue weighted by atomic mass is 10.1. The van der Waals surface area contributed by atoms with Crippen LogP contribution in [0.4, 0.5) is 5.69 Å². The molecule has 0 radical (unpaired) electrons. The first-order valence-corrected chi connectivity index (χ1v) is 9.37. The maximum Gasteiger partial charge on any atom is 0.251 e. The maximum atomic E-state index is 12.6. The van der Waals surface area contributed by atoms with Gasteiger partial charge in [0, 0.05) is 11.8 Å². The number of nitrogens with one attached hydrogen (secondary N) is 2. The van der Waals surface area contributed by atoms with Gasteiger partial charge in [-0.3, -0.25) is 9.59 Å². The van der Waals surface area contributed by atoms with E-state index in [0.717, 1.165) is 28.9 Å². The van der Waals surface area contributed by atoms with Crippen LogP contribution in [0, 0.1) is 6.92 Å². The summed E-state index contributed by atoms with van der Waals surface area (Å²) in [5, 5.41) is 3.11. The molecule has 0 aliphatic carbocycles. The van der Waals surface area contributed by atoms with Crippen LogP contribution in [0.1, 0.15) is 50.4 Å². The molecule has 0 saturated heterocycles. The molecule has 6 heteroatoms. The second-order valence-corrected chi connectivity index (χ2v) is 7.67. The number of para-hydroxylation sites is 1. The minimum absolute atomic E-state index is 0.105. The number of benzene rings is 1. The van der Waals surface area contributed by atoms with Gasteiger partial charge in [-0.25, -0.2) is 4.98 Å². The van der Waals surface area contributed by atoms with Crippen LogP contribution in [0.15, 0.2) is 34.2 Å². The van der Waals surface area contributed by atoms with E-state index in [1.807, 2.05) is 45.9 Å². The van der Waals surface area contributed by atoms with Crippen molar-refractivity contribution < 1.29 is 4.79 Å². The molecule has 1 atom stereocenters. The maximum absolute atomic E-state index is 12.6. The van der Waals surface area contributed by atoms with Crippen LogP contribution in [-0.2, 0) is 11.2 Å². The molecule has 1 aromatic heterocycles. The quantitative estimate of drug-likeness (QED) is 0.606. The Labute approximate surface area is 152 Å². The van der Waals surface area contributed by atoms with E-state index in [2.05, 4.69) is 22.2 Å². The summed E-state index contributed by atoms with van der Waals surface area (Å²) < 4.78 is 0. The number of hydrogen-bond acceptors (Lipinski definition) is 4. The van der Waals surface area contributed by atoms with Crippen LogP contribution < -0.4 is 10.9 Å². The van der Waals surface area contributed by atoms with E-state index >= 15 is 0 Å². The van der Waals surface area contributed by atoms with E-state index in [1.54, 1.807) is 0 Å². The molecule has 1 unspecified atom stereocenters.